The zero-order valence-electron chi connectivity index (χ0n) is 16.6. The fourth-order valence-electron chi connectivity index (χ4n) is 3.53. The van der Waals surface area contributed by atoms with Crippen molar-refractivity contribution in [1.82, 2.24) is 14.8 Å². The highest BCUT2D eigenvalue weighted by molar-refractivity contribution is 5.96. The molecule has 0 aliphatic carbocycles. The van der Waals surface area contributed by atoms with Crippen molar-refractivity contribution in [2.75, 3.05) is 18.0 Å². The van der Waals surface area contributed by atoms with Crippen molar-refractivity contribution in [2.24, 2.45) is 5.10 Å². The van der Waals surface area contributed by atoms with Gasteiger partial charge in [-0.25, -0.2) is 10.4 Å². The largest absolute Gasteiger partial charge is 0.356 e. The van der Waals surface area contributed by atoms with Crippen LogP contribution in [-0.4, -0.2) is 39.5 Å². The van der Waals surface area contributed by atoms with Crippen LogP contribution in [0.2, 0.25) is 0 Å². The van der Waals surface area contributed by atoms with E-state index >= 15 is 0 Å². The topological polar surface area (TPSA) is 122 Å². The summed E-state index contributed by atoms with van der Waals surface area (Å²) in [7, 11) is 0. The van der Waals surface area contributed by atoms with Crippen molar-refractivity contribution in [1.29, 1.82) is 0 Å². The molecule has 0 atom stereocenters. The first-order valence-electron chi connectivity index (χ1n) is 9.89. The lowest BCUT2D eigenvalue weighted by molar-refractivity contribution is -0.384. The maximum atomic E-state index is 13.1. The maximum Gasteiger partial charge on any atom is 0.271 e. The molecule has 1 aromatic carbocycles. The number of piperidine rings is 1. The zero-order valence-corrected chi connectivity index (χ0v) is 16.6. The molecular formula is C21H20N6O4. The first-order valence-corrected chi connectivity index (χ1v) is 9.89. The summed E-state index contributed by atoms with van der Waals surface area (Å²) in [5.41, 5.74) is 2.74. The van der Waals surface area contributed by atoms with Gasteiger partial charge in [-0.05, 0) is 37.5 Å². The van der Waals surface area contributed by atoms with Gasteiger partial charge in [0.25, 0.3) is 17.2 Å². The van der Waals surface area contributed by atoms with Crippen LogP contribution in [-0.2, 0) is 0 Å². The predicted molar refractivity (Wildman–Crippen MR) is 116 cm³/mol. The average Bonchev–Trinajstić information content (AvgIpc) is 2.81. The first-order chi connectivity index (χ1) is 15.0. The van der Waals surface area contributed by atoms with Crippen molar-refractivity contribution in [3.8, 4) is 0 Å². The van der Waals surface area contributed by atoms with Crippen LogP contribution in [0.1, 0.15) is 35.2 Å². The van der Waals surface area contributed by atoms with Crippen molar-refractivity contribution >= 4 is 29.3 Å². The van der Waals surface area contributed by atoms with Gasteiger partial charge in [-0.3, -0.25) is 24.1 Å². The van der Waals surface area contributed by atoms with Crippen molar-refractivity contribution in [3.05, 3.63) is 80.3 Å². The third-order valence-electron chi connectivity index (χ3n) is 5.08. The highest BCUT2D eigenvalue weighted by Crippen LogP contribution is 2.20. The van der Waals surface area contributed by atoms with Crippen LogP contribution in [0.25, 0.3) is 5.65 Å². The SMILES string of the molecule is O=C(N/N=C/c1c(N2CCCCC2)nc2ccccn2c1=O)c1cccc([N+](=O)[O-])c1. The van der Waals surface area contributed by atoms with Crippen LogP contribution in [0.5, 0.6) is 0 Å². The molecule has 158 valence electrons. The van der Waals surface area contributed by atoms with E-state index in [9.17, 15) is 19.7 Å². The van der Waals surface area contributed by atoms with Crippen LogP contribution < -0.4 is 15.9 Å². The Labute approximate surface area is 177 Å². The number of hydrazone groups is 1. The lowest BCUT2D eigenvalue weighted by Crippen LogP contribution is -2.34. The molecule has 10 heteroatoms. The molecule has 1 aliphatic heterocycles. The number of hydrogen-bond donors (Lipinski definition) is 1. The van der Waals surface area contributed by atoms with Gasteiger partial charge in [-0.1, -0.05) is 12.1 Å². The number of aromatic nitrogens is 2. The molecule has 4 rings (SSSR count). The number of carbonyl (C=O) groups is 1. The van der Waals surface area contributed by atoms with Crippen molar-refractivity contribution in [2.45, 2.75) is 19.3 Å². The Kier molecular flexibility index (Phi) is 5.69. The van der Waals surface area contributed by atoms with Gasteiger partial charge in [0, 0.05) is 37.0 Å². The summed E-state index contributed by atoms with van der Waals surface area (Å²) >= 11 is 0. The van der Waals surface area contributed by atoms with Crippen LogP contribution in [0.4, 0.5) is 11.5 Å². The van der Waals surface area contributed by atoms with Gasteiger partial charge in [0.15, 0.2) is 0 Å². The summed E-state index contributed by atoms with van der Waals surface area (Å²) in [5.74, 6) is -0.0856. The minimum absolute atomic E-state index is 0.0935. The lowest BCUT2D eigenvalue weighted by atomic mass is 10.1. The molecule has 1 fully saturated rings. The Morgan fingerprint density at radius 2 is 1.97 bits per heavy atom. The third-order valence-corrected chi connectivity index (χ3v) is 5.08. The van der Waals surface area contributed by atoms with Gasteiger partial charge >= 0.3 is 0 Å². The molecule has 10 nitrogen and oxygen atoms in total. The highest BCUT2D eigenvalue weighted by Gasteiger charge is 2.19. The molecule has 31 heavy (non-hydrogen) atoms. The second-order valence-corrected chi connectivity index (χ2v) is 7.14. The Bertz CT molecular complexity index is 1230. The second-order valence-electron chi connectivity index (χ2n) is 7.14. The molecule has 1 saturated heterocycles. The molecule has 0 saturated carbocycles. The maximum absolute atomic E-state index is 13.1. The number of nitrogens with zero attached hydrogens (tertiary/aromatic N) is 5. The monoisotopic (exact) mass is 420 g/mol. The van der Waals surface area contributed by atoms with Crippen molar-refractivity contribution < 1.29 is 9.72 Å². The Hall–Kier alpha value is -4.08. The van der Waals surface area contributed by atoms with E-state index < -0.39 is 10.8 Å². The molecule has 1 amide bonds. The lowest BCUT2D eigenvalue weighted by Gasteiger charge is -2.28. The van der Waals surface area contributed by atoms with Crippen molar-refractivity contribution in [3.63, 3.8) is 0 Å². The molecule has 3 aromatic rings. The molecular weight excluding hydrogens is 400 g/mol. The second kappa shape index (κ2) is 8.74. The minimum atomic E-state index is -0.617. The third kappa shape index (κ3) is 4.27. The number of anilines is 1. The number of nitro benzene ring substituents is 1. The molecule has 0 bridgehead atoms. The number of hydrogen-bond acceptors (Lipinski definition) is 7. The molecule has 1 N–H and O–H groups in total. The fraction of sp³-hybridized carbons (Fsp3) is 0.238. The van der Waals surface area contributed by atoms with Gasteiger partial charge in [0.2, 0.25) is 0 Å². The van der Waals surface area contributed by atoms with Crippen LogP contribution in [0, 0.1) is 10.1 Å². The molecule has 0 spiro atoms. The Morgan fingerprint density at radius 1 is 1.16 bits per heavy atom. The Balaban J connectivity index is 1.65. The van der Waals surface area contributed by atoms with Gasteiger partial charge in [0.05, 0.1) is 11.1 Å². The number of nitrogens with one attached hydrogen (secondary N) is 1. The predicted octanol–water partition coefficient (Wildman–Crippen LogP) is 2.36. The van der Waals surface area contributed by atoms with E-state index in [0.29, 0.717) is 11.5 Å². The van der Waals surface area contributed by atoms with Gasteiger partial charge in [0.1, 0.15) is 17.0 Å². The van der Waals surface area contributed by atoms with E-state index in [1.54, 1.807) is 18.3 Å². The number of amides is 1. The number of nitro groups is 1. The van der Waals surface area contributed by atoms with Gasteiger partial charge in [-0.2, -0.15) is 5.10 Å². The van der Waals surface area contributed by atoms with Crippen LogP contribution in [0.15, 0.2) is 58.6 Å². The quantitative estimate of drug-likeness (QED) is 0.384. The summed E-state index contributed by atoms with van der Waals surface area (Å²) in [6.45, 7) is 1.58. The zero-order chi connectivity index (χ0) is 21.8. The number of non-ortho nitro benzene ring substituents is 1. The summed E-state index contributed by atoms with van der Waals surface area (Å²) < 4.78 is 1.43. The highest BCUT2D eigenvalue weighted by atomic mass is 16.6. The molecule has 3 heterocycles. The summed E-state index contributed by atoms with van der Waals surface area (Å²) in [4.78, 5) is 42.5. The molecule has 0 unspecified atom stereocenters. The molecule has 1 aliphatic rings. The van der Waals surface area contributed by atoms with Crippen LogP contribution in [0.3, 0.4) is 0 Å². The number of benzene rings is 1. The Morgan fingerprint density at radius 3 is 2.74 bits per heavy atom. The number of rotatable bonds is 5. The smallest absolute Gasteiger partial charge is 0.271 e. The number of carbonyl (C=O) groups excluding carboxylic acids is 1. The van der Waals surface area contributed by atoms with Gasteiger partial charge < -0.3 is 4.90 Å². The fourth-order valence-corrected chi connectivity index (χ4v) is 3.53. The van der Waals surface area contributed by atoms with Crippen LogP contribution >= 0.6 is 0 Å². The van der Waals surface area contributed by atoms with E-state index in [-0.39, 0.29) is 22.4 Å². The van der Waals surface area contributed by atoms with E-state index in [4.69, 9.17) is 0 Å². The molecule has 0 radical (unpaired) electrons. The van der Waals surface area contributed by atoms with E-state index in [1.807, 2.05) is 6.07 Å². The van der Waals surface area contributed by atoms with E-state index in [0.717, 1.165) is 38.4 Å². The summed E-state index contributed by atoms with van der Waals surface area (Å²) in [5, 5.41) is 14.8. The van der Waals surface area contributed by atoms with E-state index in [2.05, 4.69) is 20.4 Å². The molecule has 2 aromatic heterocycles. The van der Waals surface area contributed by atoms with E-state index in [1.165, 1.54) is 28.8 Å². The minimum Gasteiger partial charge on any atom is -0.356 e. The summed E-state index contributed by atoms with van der Waals surface area (Å²) in [6.07, 6.45) is 6.06. The standard InChI is InChI=1S/C21H20N6O4/c28-20(15-7-6-8-16(13-15)27(30)31)24-22-14-17-19(25-10-3-1-4-11-25)23-18-9-2-5-12-26(18)21(17)29/h2,5-9,12-14H,1,3-4,10-11H2,(H,24,28)/b22-14+. The van der Waals surface area contributed by atoms with Gasteiger partial charge in [-0.15, -0.1) is 0 Å². The average molecular weight is 420 g/mol. The summed E-state index contributed by atoms with van der Waals surface area (Å²) in [6, 6.07) is 10.6. The number of pyridine rings is 1. The first kappa shape index (κ1) is 20.2. The normalized spacial score (nSPS) is 14.1. The number of fused-ring (bicyclic) bond motifs is 1.